The third-order valence-corrected chi connectivity index (χ3v) is 7.56. The number of hydrogen-bond donors (Lipinski definition) is 3. The first-order chi connectivity index (χ1) is 18.3. The van der Waals surface area contributed by atoms with Crippen LogP contribution in [0, 0.1) is 5.21 Å². The van der Waals surface area contributed by atoms with Crippen LogP contribution in [-0.4, -0.2) is 41.3 Å². The second-order valence-corrected chi connectivity index (χ2v) is 11.7. The lowest BCUT2D eigenvalue weighted by molar-refractivity contribution is -0.617. The van der Waals surface area contributed by atoms with Crippen molar-refractivity contribution in [2.45, 2.75) is 83.5 Å². The molecule has 1 saturated carbocycles. The first kappa shape index (κ1) is 26.8. The normalized spacial score (nSPS) is 20.1. The molecule has 0 bridgehead atoms. The van der Waals surface area contributed by atoms with Crippen LogP contribution in [0.5, 0.6) is 0 Å². The van der Waals surface area contributed by atoms with Gasteiger partial charge in [-0.2, -0.15) is 14.9 Å². The average molecular weight is 533 g/mol. The number of fused-ring (bicyclic) bond motifs is 1. The van der Waals surface area contributed by atoms with Gasteiger partial charge < -0.3 is 20.7 Å². The molecule has 206 valence electrons. The van der Waals surface area contributed by atoms with Gasteiger partial charge >= 0.3 is 5.91 Å². The summed E-state index contributed by atoms with van der Waals surface area (Å²) in [6, 6.07) is 10.5. The van der Waals surface area contributed by atoms with Crippen LogP contribution in [0.1, 0.15) is 94.1 Å². The van der Waals surface area contributed by atoms with E-state index in [2.05, 4.69) is 10.4 Å². The van der Waals surface area contributed by atoms with Gasteiger partial charge in [0.2, 0.25) is 0 Å². The molecule has 10 heteroatoms. The van der Waals surface area contributed by atoms with Gasteiger partial charge in [-0.1, -0.05) is 13.8 Å². The van der Waals surface area contributed by atoms with Gasteiger partial charge in [-0.05, 0) is 70.7 Å². The molecule has 3 heterocycles. The predicted octanol–water partition coefficient (Wildman–Crippen LogP) is 4.32. The van der Waals surface area contributed by atoms with Crippen LogP contribution >= 0.6 is 0 Å². The van der Waals surface area contributed by atoms with Gasteiger partial charge in [-0.15, -0.1) is 0 Å². The highest BCUT2D eigenvalue weighted by molar-refractivity contribution is 6.04. The lowest BCUT2D eigenvalue weighted by Gasteiger charge is -2.33. The van der Waals surface area contributed by atoms with Gasteiger partial charge in [0, 0.05) is 35.8 Å². The van der Waals surface area contributed by atoms with Crippen LogP contribution < -0.4 is 10.0 Å². The van der Waals surface area contributed by atoms with Crippen molar-refractivity contribution in [3.05, 3.63) is 71.1 Å². The van der Waals surface area contributed by atoms with E-state index in [4.69, 9.17) is 5.10 Å². The monoisotopic (exact) mass is 532 g/mol. The number of pyridine rings is 1. The van der Waals surface area contributed by atoms with Crippen molar-refractivity contribution in [3.63, 3.8) is 0 Å². The summed E-state index contributed by atoms with van der Waals surface area (Å²) in [6.07, 6.45) is 6.73. The molecule has 4 aromatic rings. The number of nitrogens with one attached hydrogen (secondary N) is 1. The Labute approximate surface area is 227 Å². The number of rotatable bonds is 6. The summed E-state index contributed by atoms with van der Waals surface area (Å²) < 4.78 is 4.21. The van der Waals surface area contributed by atoms with E-state index >= 15 is 0 Å². The largest absolute Gasteiger partial charge is 0.618 e. The third kappa shape index (κ3) is 5.39. The van der Waals surface area contributed by atoms with Crippen molar-refractivity contribution in [1.29, 1.82) is 0 Å². The van der Waals surface area contributed by atoms with Gasteiger partial charge in [-0.3, -0.25) is 9.48 Å². The second-order valence-electron chi connectivity index (χ2n) is 11.7. The van der Waals surface area contributed by atoms with Crippen molar-refractivity contribution in [3.8, 4) is 5.69 Å². The van der Waals surface area contributed by atoms with Gasteiger partial charge in [0.15, 0.2) is 5.69 Å². The number of benzene rings is 1. The van der Waals surface area contributed by atoms with E-state index in [1.54, 1.807) is 42.9 Å². The third-order valence-electron chi connectivity index (χ3n) is 7.56. The van der Waals surface area contributed by atoms with Crippen molar-refractivity contribution in [1.82, 2.24) is 19.6 Å². The molecule has 1 amide bonds. The summed E-state index contributed by atoms with van der Waals surface area (Å²) in [5.41, 5.74) is 0.927. The Morgan fingerprint density at radius 2 is 1.92 bits per heavy atom. The molecule has 3 N–H and O–H groups in total. The molecule has 39 heavy (non-hydrogen) atoms. The van der Waals surface area contributed by atoms with Crippen molar-refractivity contribution in [2.24, 2.45) is 0 Å². The Kier molecular flexibility index (Phi) is 6.72. The molecule has 0 saturated heterocycles. The molecular weight excluding hydrogens is 496 g/mol. The standard InChI is InChI=1S/C29H36N6O4/c1-18(2)23-7-6-8-24(35(23)39)27(36)30-22-15-19-17-34(20-9-12-29(5,38)13-10-20)31-21(19)16-25(22)33-14-11-26(32-33)28(3,4)37/h6-8,11,14-18,20,37-38H,9-10,12-13H2,1-5H3,(H,30,36). The van der Waals surface area contributed by atoms with Gasteiger partial charge in [-0.25, -0.2) is 4.68 Å². The highest BCUT2D eigenvalue weighted by Crippen LogP contribution is 2.36. The highest BCUT2D eigenvalue weighted by atomic mass is 16.5. The number of carbonyl (C=O) groups excluding carboxylic acids is 1. The van der Waals surface area contributed by atoms with Crippen LogP contribution in [0.15, 0.2) is 48.8 Å². The van der Waals surface area contributed by atoms with Crippen molar-refractivity contribution in [2.75, 3.05) is 5.32 Å². The minimum atomic E-state index is -1.14. The molecule has 3 aromatic heterocycles. The molecule has 1 fully saturated rings. The molecule has 1 aromatic carbocycles. The molecule has 1 aliphatic carbocycles. The molecule has 0 aliphatic heterocycles. The fourth-order valence-corrected chi connectivity index (χ4v) is 5.12. The first-order valence-electron chi connectivity index (χ1n) is 13.4. The van der Waals surface area contributed by atoms with E-state index in [0.717, 1.165) is 23.7 Å². The minimum absolute atomic E-state index is 0.00477. The molecule has 5 rings (SSSR count). The molecule has 1 aliphatic rings. The summed E-state index contributed by atoms with van der Waals surface area (Å²) >= 11 is 0. The van der Waals surface area contributed by atoms with E-state index in [1.807, 2.05) is 43.8 Å². The zero-order valence-corrected chi connectivity index (χ0v) is 23.0. The minimum Gasteiger partial charge on any atom is -0.618 e. The zero-order chi connectivity index (χ0) is 28.1. The predicted molar refractivity (Wildman–Crippen MR) is 148 cm³/mol. The average Bonchev–Trinajstić information content (AvgIpc) is 3.50. The number of carbonyl (C=O) groups is 1. The van der Waals surface area contributed by atoms with E-state index in [1.165, 1.54) is 6.07 Å². The summed E-state index contributed by atoms with van der Waals surface area (Å²) in [7, 11) is 0. The molecule has 0 atom stereocenters. The molecule has 10 nitrogen and oxygen atoms in total. The summed E-state index contributed by atoms with van der Waals surface area (Å²) in [4.78, 5) is 13.4. The van der Waals surface area contributed by atoms with E-state index < -0.39 is 17.1 Å². The number of anilines is 1. The quantitative estimate of drug-likeness (QED) is 0.250. The maximum Gasteiger partial charge on any atom is 0.321 e. The van der Waals surface area contributed by atoms with Crippen molar-refractivity contribution >= 4 is 22.5 Å². The van der Waals surface area contributed by atoms with Crippen LogP contribution in [0.4, 0.5) is 5.69 Å². The van der Waals surface area contributed by atoms with Gasteiger partial charge in [0.1, 0.15) is 5.60 Å². The lowest BCUT2D eigenvalue weighted by atomic mass is 9.84. The van der Waals surface area contributed by atoms with Gasteiger partial charge in [0.25, 0.3) is 5.69 Å². The van der Waals surface area contributed by atoms with E-state index in [0.29, 0.717) is 40.3 Å². The van der Waals surface area contributed by atoms with E-state index in [-0.39, 0.29) is 17.7 Å². The Bertz CT molecular complexity index is 1520. The van der Waals surface area contributed by atoms with Crippen LogP contribution in [0.25, 0.3) is 16.6 Å². The Hall–Kier alpha value is -3.76. The highest BCUT2D eigenvalue weighted by Gasteiger charge is 2.30. The van der Waals surface area contributed by atoms with Crippen LogP contribution in [-0.2, 0) is 5.60 Å². The number of aliphatic hydroxyl groups is 2. The maximum absolute atomic E-state index is 13.4. The van der Waals surface area contributed by atoms with Crippen LogP contribution in [0.2, 0.25) is 0 Å². The number of amides is 1. The summed E-state index contributed by atoms with van der Waals surface area (Å²) in [5.74, 6) is -0.578. The SMILES string of the molecule is CC(C)c1cccc(C(=O)Nc2cc3cn(C4CCC(C)(O)CC4)nc3cc2-n2ccc(C(C)(C)O)n2)[n+]1[O-]. The zero-order valence-electron chi connectivity index (χ0n) is 23.0. The van der Waals surface area contributed by atoms with Crippen molar-refractivity contribution < 1.29 is 19.7 Å². The summed E-state index contributed by atoms with van der Waals surface area (Å²) in [5, 5.41) is 46.9. The first-order valence-corrected chi connectivity index (χ1v) is 13.4. The fourth-order valence-electron chi connectivity index (χ4n) is 5.12. The second kappa shape index (κ2) is 9.77. The van der Waals surface area contributed by atoms with Crippen LogP contribution in [0.3, 0.4) is 0 Å². The summed E-state index contributed by atoms with van der Waals surface area (Å²) in [6.45, 7) is 8.99. The molecule has 0 unspecified atom stereocenters. The molecule has 0 radical (unpaired) electrons. The molecular formula is C29H36N6O4. The van der Waals surface area contributed by atoms with E-state index in [9.17, 15) is 20.2 Å². The number of hydrogen-bond acceptors (Lipinski definition) is 6. The Morgan fingerprint density at radius 1 is 1.21 bits per heavy atom. The van der Waals surface area contributed by atoms with Gasteiger partial charge in [0.05, 0.1) is 34.2 Å². The Morgan fingerprint density at radius 3 is 2.56 bits per heavy atom. The topological polar surface area (TPSA) is 132 Å². The lowest BCUT2D eigenvalue weighted by Crippen LogP contribution is -2.41. The fraction of sp³-hybridized carbons (Fsp3) is 0.448. The Balaban J connectivity index is 1.56. The number of aromatic nitrogens is 5. The smallest absolute Gasteiger partial charge is 0.321 e. The number of nitrogens with zero attached hydrogens (tertiary/aromatic N) is 5. The maximum atomic E-state index is 13.4. The molecule has 0 spiro atoms.